The van der Waals surface area contributed by atoms with E-state index in [-0.39, 0.29) is 11.4 Å². The number of pyridine rings is 1. The molecule has 4 aromatic rings. The van der Waals surface area contributed by atoms with E-state index >= 15 is 0 Å². The summed E-state index contributed by atoms with van der Waals surface area (Å²) < 4.78 is 2.47. The molecule has 8 heteroatoms. The molecule has 0 aliphatic rings. The van der Waals surface area contributed by atoms with Gasteiger partial charge in [0, 0.05) is 16.9 Å². The highest BCUT2D eigenvalue weighted by Crippen LogP contribution is 2.12. The van der Waals surface area contributed by atoms with Gasteiger partial charge in [-0.3, -0.25) is 9.20 Å². The smallest absolute Gasteiger partial charge is 0.268 e. The lowest BCUT2D eigenvalue weighted by Crippen LogP contribution is -2.17. The highest BCUT2D eigenvalue weighted by Gasteiger charge is 2.12. The van der Waals surface area contributed by atoms with Gasteiger partial charge in [0.2, 0.25) is 5.82 Å². The molecule has 0 unspecified atom stereocenters. The van der Waals surface area contributed by atoms with Gasteiger partial charge in [-0.2, -0.15) is 4.80 Å². The van der Waals surface area contributed by atoms with Crippen LogP contribution in [0.2, 0.25) is 0 Å². The predicted molar refractivity (Wildman–Crippen MR) is 91.5 cm³/mol. The third kappa shape index (κ3) is 2.71. The second-order valence-corrected chi connectivity index (χ2v) is 6.09. The van der Waals surface area contributed by atoms with Crippen LogP contribution in [-0.4, -0.2) is 29.6 Å². The van der Waals surface area contributed by atoms with Gasteiger partial charge in [0.15, 0.2) is 0 Å². The van der Waals surface area contributed by atoms with Crippen LogP contribution in [0.3, 0.4) is 0 Å². The minimum atomic E-state index is -0.219. The van der Waals surface area contributed by atoms with E-state index in [9.17, 15) is 4.79 Å². The maximum Gasteiger partial charge on any atom is 0.269 e. The minimum Gasteiger partial charge on any atom is -0.268 e. The van der Waals surface area contributed by atoms with E-state index in [0.29, 0.717) is 17.8 Å². The Morgan fingerprint density at radius 2 is 1.92 bits per heavy atom. The van der Waals surface area contributed by atoms with Gasteiger partial charge in [0.1, 0.15) is 11.2 Å². The number of hydrogen-bond donors (Lipinski definition) is 0. The lowest BCUT2D eigenvalue weighted by atomic mass is 10.2. The molecule has 0 spiro atoms. The first kappa shape index (κ1) is 14.7. The fraction of sp³-hybridized carbons (Fsp3) is 0.0625. The minimum absolute atomic E-state index is 0.219. The Hall–Kier alpha value is -2.87. The fourth-order valence-electron chi connectivity index (χ4n) is 2.35. The zero-order valence-electron chi connectivity index (χ0n) is 12.4. The van der Waals surface area contributed by atoms with E-state index in [0.717, 1.165) is 10.0 Å². The van der Waals surface area contributed by atoms with E-state index in [1.807, 2.05) is 30.3 Å². The van der Waals surface area contributed by atoms with Crippen LogP contribution < -0.4 is 5.56 Å². The quantitative estimate of drug-likeness (QED) is 0.542. The number of rotatable bonds is 3. The van der Waals surface area contributed by atoms with Crippen molar-refractivity contribution in [1.82, 2.24) is 29.6 Å². The Labute approximate surface area is 144 Å². The van der Waals surface area contributed by atoms with Gasteiger partial charge in [-0.1, -0.05) is 34.1 Å². The van der Waals surface area contributed by atoms with Gasteiger partial charge in [0.05, 0.1) is 6.54 Å². The van der Waals surface area contributed by atoms with Gasteiger partial charge in [-0.25, -0.2) is 4.98 Å². The average Bonchev–Trinajstić information content (AvgIpc) is 3.06. The van der Waals surface area contributed by atoms with E-state index in [1.165, 1.54) is 15.4 Å². The molecular weight excluding hydrogens is 372 g/mol. The van der Waals surface area contributed by atoms with Crippen molar-refractivity contribution in [1.29, 1.82) is 0 Å². The largest absolute Gasteiger partial charge is 0.269 e. The molecule has 0 saturated heterocycles. The zero-order chi connectivity index (χ0) is 16.5. The molecular formula is C16H11BrN6O. The van der Waals surface area contributed by atoms with Crippen molar-refractivity contribution >= 4 is 21.6 Å². The first-order valence-corrected chi connectivity index (χ1v) is 7.99. The molecule has 0 aliphatic carbocycles. The molecule has 118 valence electrons. The molecule has 3 aromatic heterocycles. The summed E-state index contributed by atoms with van der Waals surface area (Å²) in [5.41, 5.74) is 1.72. The molecule has 3 heterocycles. The number of tetrazole rings is 1. The van der Waals surface area contributed by atoms with E-state index in [2.05, 4.69) is 36.3 Å². The highest BCUT2D eigenvalue weighted by molar-refractivity contribution is 9.10. The maximum absolute atomic E-state index is 12.5. The molecule has 0 saturated carbocycles. The van der Waals surface area contributed by atoms with Gasteiger partial charge >= 0.3 is 0 Å². The lowest BCUT2D eigenvalue weighted by Gasteiger charge is -2.01. The van der Waals surface area contributed by atoms with Gasteiger partial charge in [0.25, 0.3) is 5.56 Å². The summed E-state index contributed by atoms with van der Waals surface area (Å²) in [6, 6.07) is 13.2. The normalized spacial score (nSPS) is 11.0. The molecule has 0 N–H and O–H groups in total. The van der Waals surface area contributed by atoms with Gasteiger partial charge in [-0.05, 0) is 35.0 Å². The van der Waals surface area contributed by atoms with Crippen LogP contribution in [0.1, 0.15) is 5.56 Å². The number of benzene rings is 1. The van der Waals surface area contributed by atoms with Crippen molar-refractivity contribution in [3.8, 4) is 11.4 Å². The summed E-state index contributed by atoms with van der Waals surface area (Å²) in [6.45, 7) is 0.475. The van der Waals surface area contributed by atoms with Crippen LogP contribution >= 0.6 is 15.9 Å². The molecule has 4 rings (SSSR count). The fourth-order valence-corrected chi connectivity index (χ4v) is 2.62. The first-order chi connectivity index (χ1) is 11.7. The Balaban J connectivity index is 1.69. The Kier molecular flexibility index (Phi) is 3.66. The van der Waals surface area contributed by atoms with Crippen LogP contribution in [0.4, 0.5) is 0 Å². The number of hydrogen-bond acceptors (Lipinski definition) is 5. The molecule has 0 radical (unpaired) electrons. The summed E-state index contributed by atoms with van der Waals surface area (Å²) in [5.74, 6) is 0.267. The first-order valence-electron chi connectivity index (χ1n) is 7.20. The lowest BCUT2D eigenvalue weighted by molar-refractivity contribution is 0.573. The maximum atomic E-state index is 12.5. The number of aromatic nitrogens is 6. The molecule has 0 aliphatic heterocycles. The Morgan fingerprint density at radius 1 is 1.08 bits per heavy atom. The molecule has 24 heavy (non-hydrogen) atoms. The number of nitrogens with zero attached hydrogens (tertiary/aromatic N) is 6. The Bertz CT molecular complexity index is 1070. The average molecular weight is 383 g/mol. The van der Waals surface area contributed by atoms with Crippen molar-refractivity contribution in [2.45, 2.75) is 6.54 Å². The number of halogens is 1. The highest BCUT2D eigenvalue weighted by atomic mass is 79.9. The number of fused-ring (bicyclic) bond motifs is 1. The van der Waals surface area contributed by atoms with Crippen molar-refractivity contribution < 1.29 is 0 Å². The van der Waals surface area contributed by atoms with Crippen molar-refractivity contribution in [2.24, 2.45) is 0 Å². The monoisotopic (exact) mass is 382 g/mol. The molecule has 1 aromatic carbocycles. The van der Waals surface area contributed by atoms with Crippen LogP contribution in [0, 0.1) is 0 Å². The molecule has 0 bridgehead atoms. The predicted octanol–water partition coefficient (Wildman–Crippen LogP) is 2.16. The van der Waals surface area contributed by atoms with Crippen molar-refractivity contribution in [3.63, 3.8) is 0 Å². The van der Waals surface area contributed by atoms with Crippen LogP contribution in [0.5, 0.6) is 0 Å². The summed E-state index contributed by atoms with van der Waals surface area (Å²) >= 11 is 3.40. The molecule has 0 amide bonds. The second kappa shape index (κ2) is 5.97. The second-order valence-electron chi connectivity index (χ2n) is 5.18. The summed E-state index contributed by atoms with van der Waals surface area (Å²) in [7, 11) is 0. The zero-order valence-corrected chi connectivity index (χ0v) is 14.0. The molecule has 0 atom stereocenters. The van der Waals surface area contributed by atoms with E-state index < -0.39 is 0 Å². The topological polar surface area (TPSA) is 78.0 Å². The molecule has 7 nitrogen and oxygen atoms in total. The van der Waals surface area contributed by atoms with Crippen LogP contribution in [-0.2, 0) is 6.54 Å². The van der Waals surface area contributed by atoms with Crippen molar-refractivity contribution in [2.75, 3.05) is 0 Å². The third-order valence-electron chi connectivity index (χ3n) is 3.54. The van der Waals surface area contributed by atoms with Crippen LogP contribution in [0.15, 0.2) is 64.1 Å². The third-order valence-corrected chi connectivity index (χ3v) is 4.07. The SMILES string of the molecule is O=c1c(-c2nnn(Cc3ccc(Br)cc3)n2)cnc2ccccn12. The summed E-state index contributed by atoms with van der Waals surface area (Å²) in [4.78, 5) is 18.3. The molecule has 0 fully saturated rings. The summed E-state index contributed by atoms with van der Waals surface area (Å²) in [6.07, 6.45) is 3.15. The van der Waals surface area contributed by atoms with Crippen molar-refractivity contribution in [3.05, 3.63) is 75.2 Å². The van der Waals surface area contributed by atoms with Gasteiger partial charge < -0.3 is 0 Å². The standard InChI is InChI=1S/C16H11BrN6O/c17-12-6-4-11(5-7-12)10-23-20-15(19-21-23)13-9-18-14-3-1-2-8-22(14)16(13)24/h1-9H,10H2. The van der Waals surface area contributed by atoms with E-state index in [1.54, 1.807) is 18.3 Å². The van der Waals surface area contributed by atoms with Crippen LogP contribution in [0.25, 0.3) is 17.0 Å². The van der Waals surface area contributed by atoms with Gasteiger partial charge in [-0.15, -0.1) is 10.2 Å². The Morgan fingerprint density at radius 3 is 2.75 bits per heavy atom. The summed E-state index contributed by atoms with van der Waals surface area (Å²) in [5, 5.41) is 12.3. The van der Waals surface area contributed by atoms with E-state index in [4.69, 9.17) is 0 Å².